The summed E-state index contributed by atoms with van der Waals surface area (Å²) in [5.74, 6) is 0. The lowest BCUT2D eigenvalue weighted by molar-refractivity contribution is 0.535. The summed E-state index contributed by atoms with van der Waals surface area (Å²) in [6.07, 6.45) is 2.04. The SMILES string of the molecule is CCc1ccc2c(c1)n(C1CCNC1)c(=O)n2C. The second-order valence-electron chi connectivity index (χ2n) is 5.03. The smallest absolute Gasteiger partial charge is 0.315 e. The fourth-order valence-corrected chi connectivity index (χ4v) is 2.85. The first-order chi connectivity index (χ1) is 8.72. The van der Waals surface area contributed by atoms with Gasteiger partial charge in [-0.15, -0.1) is 0 Å². The highest BCUT2D eigenvalue weighted by atomic mass is 16.1. The molecule has 0 bridgehead atoms. The van der Waals surface area contributed by atoms with E-state index in [0.29, 0.717) is 6.04 Å². The van der Waals surface area contributed by atoms with E-state index in [1.807, 2.05) is 11.6 Å². The van der Waals surface area contributed by atoms with Crippen molar-refractivity contribution in [3.05, 3.63) is 34.2 Å². The van der Waals surface area contributed by atoms with Crippen molar-refractivity contribution in [3.63, 3.8) is 0 Å². The maximum Gasteiger partial charge on any atom is 0.329 e. The molecule has 1 aliphatic rings. The van der Waals surface area contributed by atoms with Gasteiger partial charge in [-0.25, -0.2) is 4.79 Å². The van der Waals surface area contributed by atoms with Crippen LogP contribution >= 0.6 is 0 Å². The molecule has 1 aromatic carbocycles. The number of hydrogen-bond acceptors (Lipinski definition) is 2. The van der Waals surface area contributed by atoms with Gasteiger partial charge in [-0.05, 0) is 37.1 Å². The number of aromatic nitrogens is 2. The molecule has 0 radical (unpaired) electrons. The van der Waals surface area contributed by atoms with E-state index in [-0.39, 0.29) is 5.69 Å². The monoisotopic (exact) mass is 245 g/mol. The van der Waals surface area contributed by atoms with Crippen LogP contribution in [0.25, 0.3) is 11.0 Å². The van der Waals surface area contributed by atoms with Crippen LogP contribution in [0, 0.1) is 0 Å². The second kappa shape index (κ2) is 4.28. The van der Waals surface area contributed by atoms with Gasteiger partial charge in [0.15, 0.2) is 0 Å². The summed E-state index contributed by atoms with van der Waals surface area (Å²) < 4.78 is 3.72. The Morgan fingerprint density at radius 3 is 2.89 bits per heavy atom. The van der Waals surface area contributed by atoms with Crippen molar-refractivity contribution in [1.29, 1.82) is 0 Å². The molecule has 1 unspecified atom stereocenters. The Labute approximate surface area is 106 Å². The molecule has 1 aliphatic heterocycles. The lowest BCUT2D eigenvalue weighted by atomic mass is 10.1. The zero-order valence-corrected chi connectivity index (χ0v) is 10.9. The highest BCUT2D eigenvalue weighted by Crippen LogP contribution is 2.22. The van der Waals surface area contributed by atoms with E-state index in [9.17, 15) is 4.79 Å². The molecule has 0 amide bonds. The van der Waals surface area contributed by atoms with Gasteiger partial charge in [-0.3, -0.25) is 9.13 Å². The topological polar surface area (TPSA) is 39.0 Å². The quantitative estimate of drug-likeness (QED) is 0.869. The Hall–Kier alpha value is -1.55. The van der Waals surface area contributed by atoms with Crippen LogP contribution in [0.2, 0.25) is 0 Å². The Morgan fingerprint density at radius 2 is 2.22 bits per heavy atom. The molecule has 0 saturated carbocycles. The highest BCUT2D eigenvalue weighted by molar-refractivity contribution is 5.77. The molecule has 4 nitrogen and oxygen atoms in total. The van der Waals surface area contributed by atoms with Gasteiger partial charge in [-0.1, -0.05) is 13.0 Å². The maximum atomic E-state index is 12.4. The first kappa shape index (κ1) is 11.5. The van der Waals surface area contributed by atoms with Crippen molar-refractivity contribution >= 4 is 11.0 Å². The third-order valence-corrected chi connectivity index (χ3v) is 3.96. The molecular weight excluding hydrogens is 226 g/mol. The number of nitrogens with zero attached hydrogens (tertiary/aromatic N) is 2. The third kappa shape index (κ3) is 1.60. The van der Waals surface area contributed by atoms with Gasteiger partial charge in [0.1, 0.15) is 0 Å². The number of hydrogen-bond donors (Lipinski definition) is 1. The van der Waals surface area contributed by atoms with E-state index in [0.717, 1.165) is 37.0 Å². The van der Waals surface area contributed by atoms with Crippen molar-refractivity contribution in [2.45, 2.75) is 25.8 Å². The molecule has 1 aromatic heterocycles. The van der Waals surface area contributed by atoms with Crippen LogP contribution in [0.5, 0.6) is 0 Å². The third-order valence-electron chi connectivity index (χ3n) is 3.96. The number of benzene rings is 1. The predicted octanol–water partition coefficient (Wildman–Crippen LogP) is 1.44. The van der Waals surface area contributed by atoms with Gasteiger partial charge in [0.25, 0.3) is 0 Å². The largest absolute Gasteiger partial charge is 0.329 e. The fraction of sp³-hybridized carbons (Fsp3) is 0.500. The molecule has 4 heteroatoms. The minimum absolute atomic E-state index is 0.104. The Bertz CT molecular complexity index is 632. The van der Waals surface area contributed by atoms with Crippen molar-refractivity contribution in [2.24, 2.45) is 7.05 Å². The van der Waals surface area contributed by atoms with Crippen LogP contribution in [0.1, 0.15) is 24.9 Å². The van der Waals surface area contributed by atoms with E-state index in [2.05, 4.69) is 30.4 Å². The van der Waals surface area contributed by atoms with E-state index in [4.69, 9.17) is 0 Å². The number of nitrogens with one attached hydrogen (secondary N) is 1. The van der Waals surface area contributed by atoms with Gasteiger partial charge in [-0.2, -0.15) is 0 Å². The standard InChI is InChI=1S/C14H19N3O/c1-3-10-4-5-12-13(8-10)17(14(18)16(12)2)11-6-7-15-9-11/h4-5,8,11,15H,3,6-7,9H2,1-2H3. The number of imidazole rings is 1. The Kier molecular flexibility index (Phi) is 2.74. The number of rotatable bonds is 2. The van der Waals surface area contributed by atoms with Gasteiger partial charge >= 0.3 is 5.69 Å². The summed E-state index contributed by atoms with van der Waals surface area (Å²) in [7, 11) is 1.86. The van der Waals surface area contributed by atoms with Crippen LogP contribution in [0.3, 0.4) is 0 Å². The zero-order chi connectivity index (χ0) is 12.7. The average Bonchev–Trinajstić information content (AvgIpc) is 2.98. The minimum Gasteiger partial charge on any atom is -0.315 e. The normalized spacial score (nSPS) is 19.8. The van der Waals surface area contributed by atoms with E-state index >= 15 is 0 Å². The van der Waals surface area contributed by atoms with Crippen LogP contribution in [-0.2, 0) is 13.5 Å². The van der Waals surface area contributed by atoms with Gasteiger partial charge < -0.3 is 5.32 Å². The van der Waals surface area contributed by atoms with Crippen molar-refractivity contribution in [1.82, 2.24) is 14.5 Å². The molecule has 0 spiro atoms. The molecule has 1 N–H and O–H groups in total. The van der Waals surface area contributed by atoms with Gasteiger partial charge in [0.05, 0.1) is 17.1 Å². The molecule has 1 atom stereocenters. The average molecular weight is 245 g/mol. The molecule has 96 valence electrons. The molecule has 2 aromatic rings. The summed E-state index contributed by atoms with van der Waals surface area (Å²) >= 11 is 0. The van der Waals surface area contributed by atoms with E-state index < -0.39 is 0 Å². The predicted molar refractivity (Wildman–Crippen MR) is 73.1 cm³/mol. The van der Waals surface area contributed by atoms with E-state index in [1.54, 1.807) is 4.57 Å². The maximum absolute atomic E-state index is 12.4. The van der Waals surface area contributed by atoms with Crippen LogP contribution in [0.4, 0.5) is 0 Å². The summed E-state index contributed by atoms with van der Waals surface area (Å²) in [4.78, 5) is 12.4. The van der Waals surface area contributed by atoms with Crippen LogP contribution in [-0.4, -0.2) is 22.2 Å². The molecule has 1 fully saturated rings. The summed E-state index contributed by atoms with van der Waals surface area (Å²) in [6.45, 7) is 4.04. The first-order valence-corrected chi connectivity index (χ1v) is 6.63. The molecule has 3 rings (SSSR count). The second-order valence-corrected chi connectivity index (χ2v) is 5.03. The molecule has 18 heavy (non-hydrogen) atoms. The molecule has 2 heterocycles. The lowest BCUT2D eigenvalue weighted by Crippen LogP contribution is -2.27. The van der Waals surface area contributed by atoms with Crippen molar-refractivity contribution < 1.29 is 0 Å². The Morgan fingerprint density at radius 1 is 1.39 bits per heavy atom. The van der Waals surface area contributed by atoms with Crippen molar-refractivity contribution in [3.8, 4) is 0 Å². The van der Waals surface area contributed by atoms with Crippen molar-refractivity contribution in [2.75, 3.05) is 13.1 Å². The Balaban J connectivity index is 2.27. The summed E-state index contributed by atoms with van der Waals surface area (Å²) in [5, 5.41) is 3.33. The first-order valence-electron chi connectivity index (χ1n) is 6.63. The fourth-order valence-electron chi connectivity index (χ4n) is 2.85. The zero-order valence-electron chi connectivity index (χ0n) is 10.9. The van der Waals surface area contributed by atoms with Gasteiger partial charge in [0, 0.05) is 13.6 Å². The van der Waals surface area contributed by atoms with Crippen LogP contribution in [0.15, 0.2) is 23.0 Å². The molecule has 1 saturated heterocycles. The molecular formula is C14H19N3O. The highest BCUT2D eigenvalue weighted by Gasteiger charge is 2.22. The number of aryl methyl sites for hydroxylation is 2. The van der Waals surface area contributed by atoms with Gasteiger partial charge in [0.2, 0.25) is 0 Å². The number of fused-ring (bicyclic) bond motifs is 1. The molecule has 0 aliphatic carbocycles. The lowest BCUT2D eigenvalue weighted by Gasteiger charge is -2.10. The summed E-state index contributed by atoms with van der Waals surface area (Å²) in [6, 6.07) is 6.64. The van der Waals surface area contributed by atoms with Crippen LogP contribution < -0.4 is 11.0 Å². The minimum atomic E-state index is 0.104. The summed E-state index contributed by atoms with van der Waals surface area (Å²) in [5.41, 5.74) is 3.50. The van der Waals surface area contributed by atoms with E-state index in [1.165, 1.54) is 5.56 Å².